The van der Waals surface area contributed by atoms with Crippen molar-refractivity contribution in [3.63, 3.8) is 0 Å². The highest BCUT2D eigenvalue weighted by Crippen LogP contribution is 2.16. The second kappa shape index (κ2) is 6.74. The molecule has 0 amide bonds. The highest BCUT2D eigenvalue weighted by Gasteiger charge is 2.42. The number of aliphatic hydroxyl groups excluding tert-OH is 1. The summed E-state index contributed by atoms with van der Waals surface area (Å²) in [6, 6.07) is 0. The Bertz CT molecular complexity index is 201. The fourth-order valence-electron chi connectivity index (χ4n) is 1.20. The normalized spacial score (nSPS) is 16.9. The van der Waals surface area contributed by atoms with E-state index in [1.807, 2.05) is 6.92 Å². The number of hydrogen-bond acceptors (Lipinski definition) is 4. The molecule has 4 nitrogen and oxygen atoms in total. The molecule has 0 aliphatic carbocycles. The van der Waals surface area contributed by atoms with E-state index < -0.39 is 24.3 Å². The molecule has 0 saturated carbocycles. The summed E-state index contributed by atoms with van der Waals surface area (Å²) in [7, 11) is 0. The zero-order chi connectivity index (χ0) is 11.9. The first-order chi connectivity index (χ1) is 7.02. The molecule has 0 aliphatic heterocycles. The van der Waals surface area contributed by atoms with Crippen LogP contribution in [0, 0.1) is 0 Å². The first kappa shape index (κ1) is 14.3. The number of alkyl halides is 1. The first-order valence-electron chi connectivity index (χ1n) is 5.23. The molecule has 0 aliphatic rings. The number of halogens is 1. The highest BCUT2D eigenvalue weighted by molar-refractivity contribution is 5.81. The van der Waals surface area contributed by atoms with Gasteiger partial charge in [-0.15, -0.1) is 0 Å². The van der Waals surface area contributed by atoms with Crippen molar-refractivity contribution in [1.82, 2.24) is 0 Å². The van der Waals surface area contributed by atoms with Crippen molar-refractivity contribution in [2.45, 2.75) is 44.8 Å². The van der Waals surface area contributed by atoms with Gasteiger partial charge in [0.15, 0.2) is 5.54 Å². The lowest BCUT2D eigenvalue weighted by molar-refractivity contribution is -0.155. The van der Waals surface area contributed by atoms with Crippen LogP contribution in [-0.2, 0) is 9.53 Å². The van der Waals surface area contributed by atoms with Crippen LogP contribution in [0.4, 0.5) is 4.39 Å². The van der Waals surface area contributed by atoms with Crippen LogP contribution in [0.2, 0.25) is 0 Å². The van der Waals surface area contributed by atoms with E-state index in [0.717, 1.165) is 6.42 Å². The molecule has 15 heavy (non-hydrogen) atoms. The van der Waals surface area contributed by atoms with E-state index in [2.05, 4.69) is 4.74 Å². The van der Waals surface area contributed by atoms with Crippen LogP contribution in [0.15, 0.2) is 0 Å². The minimum atomic E-state index is -1.91. The second-order valence-electron chi connectivity index (χ2n) is 3.55. The van der Waals surface area contributed by atoms with E-state index in [4.69, 9.17) is 5.73 Å². The third kappa shape index (κ3) is 3.76. The van der Waals surface area contributed by atoms with E-state index in [-0.39, 0.29) is 6.61 Å². The lowest BCUT2D eigenvalue weighted by Crippen LogP contribution is -2.60. The van der Waals surface area contributed by atoms with Gasteiger partial charge >= 0.3 is 5.97 Å². The van der Waals surface area contributed by atoms with Crippen LogP contribution < -0.4 is 5.73 Å². The zero-order valence-electron chi connectivity index (χ0n) is 9.33. The summed E-state index contributed by atoms with van der Waals surface area (Å²) in [5.74, 6) is -0.879. The molecule has 5 heteroatoms. The monoisotopic (exact) mass is 221 g/mol. The fourth-order valence-corrected chi connectivity index (χ4v) is 1.20. The Hall–Kier alpha value is -0.680. The van der Waals surface area contributed by atoms with Gasteiger partial charge in [0, 0.05) is 0 Å². The van der Waals surface area contributed by atoms with Gasteiger partial charge in [-0.3, -0.25) is 0 Å². The van der Waals surface area contributed by atoms with Gasteiger partial charge in [0.2, 0.25) is 0 Å². The number of nitrogens with two attached hydrogens (primary N) is 1. The molecule has 2 unspecified atom stereocenters. The van der Waals surface area contributed by atoms with E-state index in [0.29, 0.717) is 12.8 Å². The molecular formula is C10H20FNO3. The second-order valence-corrected chi connectivity index (χ2v) is 3.55. The van der Waals surface area contributed by atoms with Crippen LogP contribution in [0.3, 0.4) is 0 Å². The summed E-state index contributed by atoms with van der Waals surface area (Å²) in [5.41, 5.74) is 3.60. The Morgan fingerprint density at radius 1 is 1.60 bits per heavy atom. The van der Waals surface area contributed by atoms with Gasteiger partial charge in [-0.05, 0) is 13.3 Å². The number of rotatable bonds is 7. The number of unbranched alkanes of at least 4 members (excludes halogenated alkanes) is 1. The van der Waals surface area contributed by atoms with Gasteiger partial charge in [0.05, 0.1) is 12.7 Å². The van der Waals surface area contributed by atoms with Crippen molar-refractivity contribution in [2.75, 3.05) is 13.3 Å². The summed E-state index contributed by atoms with van der Waals surface area (Å²) in [4.78, 5) is 11.4. The number of carbonyl (C=O) groups excluding carboxylic acids is 1. The molecular weight excluding hydrogens is 201 g/mol. The molecule has 0 heterocycles. The van der Waals surface area contributed by atoms with Gasteiger partial charge in [-0.25, -0.2) is 9.18 Å². The van der Waals surface area contributed by atoms with E-state index >= 15 is 0 Å². The molecule has 0 saturated heterocycles. The summed E-state index contributed by atoms with van der Waals surface area (Å²) in [6.07, 6.45) is 0.652. The molecule has 0 spiro atoms. The molecule has 0 aromatic rings. The average molecular weight is 221 g/mol. The van der Waals surface area contributed by atoms with E-state index in [1.54, 1.807) is 6.92 Å². The SMILES string of the molecule is CCCCC(O)C(N)(CF)C(=O)OCC. The Kier molecular flexibility index (Phi) is 6.43. The summed E-state index contributed by atoms with van der Waals surface area (Å²) in [5, 5.41) is 9.63. The Morgan fingerprint density at radius 3 is 2.60 bits per heavy atom. The van der Waals surface area contributed by atoms with Gasteiger partial charge in [-0.1, -0.05) is 19.8 Å². The number of carbonyl (C=O) groups is 1. The maximum atomic E-state index is 12.7. The van der Waals surface area contributed by atoms with Crippen molar-refractivity contribution in [3.05, 3.63) is 0 Å². The first-order valence-corrected chi connectivity index (χ1v) is 5.23. The standard InChI is InChI=1S/C10H20FNO3/c1-3-5-6-8(13)10(12,7-11)9(14)15-4-2/h8,13H,3-7,12H2,1-2H3. The molecule has 0 rings (SSSR count). The van der Waals surface area contributed by atoms with Crippen molar-refractivity contribution in [2.24, 2.45) is 5.73 Å². The van der Waals surface area contributed by atoms with Gasteiger partial charge < -0.3 is 15.6 Å². The van der Waals surface area contributed by atoms with Gasteiger partial charge in [0.1, 0.15) is 6.67 Å². The molecule has 3 N–H and O–H groups in total. The van der Waals surface area contributed by atoms with Crippen molar-refractivity contribution in [1.29, 1.82) is 0 Å². The van der Waals surface area contributed by atoms with Gasteiger partial charge in [-0.2, -0.15) is 0 Å². The predicted octanol–water partition coefficient (Wildman–Crippen LogP) is 0.768. The number of ether oxygens (including phenoxy) is 1. The predicted molar refractivity (Wildman–Crippen MR) is 55.1 cm³/mol. The minimum Gasteiger partial charge on any atom is -0.464 e. The summed E-state index contributed by atoms with van der Waals surface area (Å²) >= 11 is 0. The Labute approximate surface area is 89.6 Å². The average Bonchev–Trinajstić information content (AvgIpc) is 2.24. The van der Waals surface area contributed by atoms with Crippen LogP contribution in [0.1, 0.15) is 33.1 Å². The molecule has 2 atom stereocenters. The van der Waals surface area contributed by atoms with Crippen LogP contribution in [-0.4, -0.2) is 36.0 Å². The maximum absolute atomic E-state index is 12.7. The molecule has 0 radical (unpaired) electrons. The third-order valence-corrected chi connectivity index (χ3v) is 2.30. The quantitative estimate of drug-likeness (QED) is 0.623. The number of esters is 1. The smallest absolute Gasteiger partial charge is 0.331 e. The van der Waals surface area contributed by atoms with E-state index in [9.17, 15) is 14.3 Å². The molecule has 0 aromatic heterocycles. The van der Waals surface area contributed by atoms with Crippen LogP contribution in [0.25, 0.3) is 0 Å². The lowest BCUT2D eigenvalue weighted by atomic mass is 9.91. The summed E-state index contributed by atoms with van der Waals surface area (Å²) in [6.45, 7) is 2.55. The molecule has 0 bridgehead atoms. The van der Waals surface area contributed by atoms with Crippen LogP contribution >= 0.6 is 0 Å². The fraction of sp³-hybridized carbons (Fsp3) is 0.900. The van der Waals surface area contributed by atoms with Crippen molar-refractivity contribution < 1.29 is 19.0 Å². The largest absolute Gasteiger partial charge is 0.464 e. The third-order valence-electron chi connectivity index (χ3n) is 2.30. The molecule has 0 fully saturated rings. The Morgan fingerprint density at radius 2 is 2.20 bits per heavy atom. The van der Waals surface area contributed by atoms with Crippen molar-refractivity contribution in [3.8, 4) is 0 Å². The number of aliphatic hydroxyl groups is 1. The Balaban J connectivity index is 4.45. The lowest BCUT2D eigenvalue weighted by Gasteiger charge is -2.29. The van der Waals surface area contributed by atoms with E-state index in [1.165, 1.54) is 0 Å². The topological polar surface area (TPSA) is 72.5 Å². The van der Waals surface area contributed by atoms with Crippen LogP contribution in [0.5, 0.6) is 0 Å². The maximum Gasteiger partial charge on any atom is 0.331 e. The van der Waals surface area contributed by atoms with Crippen molar-refractivity contribution >= 4 is 5.97 Å². The zero-order valence-corrected chi connectivity index (χ0v) is 9.33. The molecule has 0 aromatic carbocycles. The summed E-state index contributed by atoms with van der Waals surface area (Å²) < 4.78 is 17.3. The minimum absolute atomic E-state index is 0.123. The van der Waals surface area contributed by atoms with Gasteiger partial charge in [0.25, 0.3) is 0 Å². The molecule has 90 valence electrons. The number of hydrogen-bond donors (Lipinski definition) is 2. The highest BCUT2D eigenvalue weighted by atomic mass is 19.1.